The Balaban J connectivity index is 2.44. The summed E-state index contributed by atoms with van der Waals surface area (Å²) in [5, 5.41) is 12.0. The van der Waals surface area contributed by atoms with E-state index in [0.717, 1.165) is 12.1 Å². The van der Waals surface area contributed by atoms with Crippen molar-refractivity contribution >= 4 is 5.78 Å². The van der Waals surface area contributed by atoms with Crippen molar-refractivity contribution in [1.82, 2.24) is 5.32 Å². The van der Waals surface area contributed by atoms with Crippen LogP contribution in [0.3, 0.4) is 0 Å². The molecule has 1 aromatic rings. The highest BCUT2D eigenvalue weighted by molar-refractivity contribution is 5.82. The summed E-state index contributed by atoms with van der Waals surface area (Å²) < 4.78 is 0. The molecule has 0 radical (unpaired) electrons. The second-order valence-corrected chi connectivity index (χ2v) is 3.16. The molecular weight excluding hydrogens is 178 g/mol. The maximum atomic E-state index is 11.3. The van der Waals surface area contributed by atoms with Crippen LogP contribution in [-0.4, -0.2) is 24.0 Å². The summed E-state index contributed by atoms with van der Waals surface area (Å²) in [7, 11) is 0. The number of phenols is 1. The van der Waals surface area contributed by atoms with Crippen molar-refractivity contribution in [3.63, 3.8) is 0 Å². The number of carbonyl (C=O) groups is 1. The second-order valence-electron chi connectivity index (χ2n) is 3.16. The van der Waals surface area contributed by atoms with Gasteiger partial charge in [0.25, 0.3) is 0 Å². The van der Waals surface area contributed by atoms with Crippen LogP contribution in [0.15, 0.2) is 24.3 Å². The van der Waals surface area contributed by atoms with Gasteiger partial charge in [-0.25, -0.2) is 0 Å². The second kappa shape index (κ2) is 5.40. The molecule has 1 aromatic carbocycles. The van der Waals surface area contributed by atoms with Crippen molar-refractivity contribution < 1.29 is 9.90 Å². The molecule has 0 aliphatic carbocycles. The number of likely N-dealkylation sites (N-methyl/N-ethyl adjacent to an activating group) is 1. The Hall–Kier alpha value is -1.35. The fourth-order valence-electron chi connectivity index (χ4n) is 1.17. The molecule has 0 aliphatic rings. The first kappa shape index (κ1) is 10.7. The van der Waals surface area contributed by atoms with Crippen molar-refractivity contribution in [3.05, 3.63) is 29.8 Å². The van der Waals surface area contributed by atoms with E-state index in [2.05, 4.69) is 5.32 Å². The Bertz CT molecular complexity index is 293. The normalized spacial score (nSPS) is 10.1. The number of aromatic hydroxyl groups is 1. The van der Waals surface area contributed by atoms with Crippen LogP contribution in [-0.2, 0) is 11.2 Å². The van der Waals surface area contributed by atoms with E-state index in [1.807, 2.05) is 6.92 Å². The molecule has 0 aromatic heterocycles. The van der Waals surface area contributed by atoms with Crippen molar-refractivity contribution in [2.24, 2.45) is 0 Å². The molecule has 0 amide bonds. The lowest BCUT2D eigenvalue weighted by Crippen LogP contribution is -2.23. The van der Waals surface area contributed by atoms with E-state index in [1.54, 1.807) is 24.3 Å². The number of ketones is 1. The Morgan fingerprint density at radius 3 is 2.57 bits per heavy atom. The summed E-state index contributed by atoms with van der Waals surface area (Å²) in [4.78, 5) is 11.3. The molecule has 3 nitrogen and oxygen atoms in total. The summed E-state index contributed by atoms with van der Waals surface area (Å²) in [5.41, 5.74) is 0.936. The standard InChI is InChI=1S/C11H15NO2/c1-2-12-8-11(14)7-9-3-5-10(13)6-4-9/h3-6,12-13H,2,7-8H2,1H3. The molecule has 3 heteroatoms. The number of nitrogens with one attached hydrogen (secondary N) is 1. The lowest BCUT2D eigenvalue weighted by Gasteiger charge is -2.01. The van der Waals surface area contributed by atoms with E-state index in [0.29, 0.717) is 13.0 Å². The van der Waals surface area contributed by atoms with Crippen molar-refractivity contribution in [2.75, 3.05) is 13.1 Å². The molecule has 0 spiro atoms. The van der Waals surface area contributed by atoms with Crippen LogP contribution >= 0.6 is 0 Å². The molecule has 0 bridgehead atoms. The highest BCUT2D eigenvalue weighted by atomic mass is 16.3. The van der Waals surface area contributed by atoms with Gasteiger partial charge >= 0.3 is 0 Å². The van der Waals surface area contributed by atoms with Gasteiger partial charge in [0.15, 0.2) is 5.78 Å². The molecule has 0 fully saturated rings. The lowest BCUT2D eigenvalue weighted by molar-refractivity contribution is -0.117. The minimum absolute atomic E-state index is 0.164. The molecule has 0 atom stereocenters. The number of phenolic OH excluding ortho intramolecular Hbond substituents is 1. The van der Waals surface area contributed by atoms with Gasteiger partial charge in [0.1, 0.15) is 5.75 Å². The quantitative estimate of drug-likeness (QED) is 0.736. The van der Waals surface area contributed by atoms with Crippen molar-refractivity contribution in [1.29, 1.82) is 0 Å². The Labute approximate surface area is 83.8 Å². The smallest absolute Gasteiger partial charge is 0.150 e. The monoisotopic (exact) mass is 193 g/mol. The van der Waals surface area contributed by atoms with Crippen molar-refractivity contribution in [3.8, 4) is 5.75 Å². The zero-order valence-corrected chi connectivity index (χ0v) is 8.29. The largest absolute Gasteiger partial charge is 0.508 e. The first-order valence-corrected chi connectivity index (χ1v) is 4.72. The Kier molecular flexibility index (Phi) is 4.13. The van der Waals surface area contributed by atoms with Gasteiger partial charge in [0, 0.05) is 6.42 Å². The molecule has 0 saturated carbocycles. The van der Waals surface area contributed by atoms with Gasteiger partial charge in [-0.2, -0.15) is 0 Å². The van der Waals surface area contributed by atoms with Gasteiger partial charge < -0.3 is 10.4 Å². The molecule has 0 heterocycles. The minimum atomic E-state index is 0.164. The van der Waals surface area contributed by atoms with Gasteiger partial charge in [-0.15, -0.1) is 0 Å². The van der Waals surface area contributed by atoms with E-state index in [9.17, 15) is 4.79 Å². The molecule has 2 N–H and O–H groups in total. The average Bonchev–Trinajstić information content (AvgIpc) is 2.18. The minimum Gasteiger partial charge on any atom is -0.508 e. The SMILES string of the molecule is CCNCC(=O)Cc1ccc(O)cc1. The predicted molar refractivity (Wildman–Crippen MR) is 55.4 cm³/mol. The molecule has 14 heavy (non-hydrogen) atoms. The van der Waals surface area contributed by atoms with Crippen LogP contribution in [0.5, 0.6) is 5.75 Å². The van der Waals surface area contributed by atoms with Gasteiger partial charge in [0.2, 0.25) is 0 Å². The molecule has 0 unspecified atom stereocenters. The van der Waals surface area contributed by atoms with Gasteiger partial charge in [-0.1, -0.05) is 19.1 Å². The van der Waals surface area contributed by atoms with Gasteiger partial charge in [0.05, 0.1) is 6.54 Å². The van der Waals surface area contributed by atoms with E-state index in [1.165, 1.54) is 0 Å². The maximum absolute atomic E-state index is 11.3. The summed E-state index contributed by atoms with van der Waals surface area (Å²) in [5.74, 6) is 0.394. The summed E-state index contributed by atoms with van der Waals surface area (Å²) in [6.07, 6.45) is 0.424. The van der Waals surface area contributed by atoms with Gasteiger partial charge in [-0.3, -0.25) is 4.79 Å². The zero-order chi connectivity index (χ0) is 10.4. The van der Waals surface area contributed by atoms with Crippen LogP contribution in [0, 0.1) is 0 Å². The van der Waals surface area contributed by atoms with E-state index in [4.69, 9.17) is 5.11 Å². The first-order valence-electron chi connectivity index (χ1n) is 4.72. The van der Waals surface area contributed by atoms with Crippen LogP contribution in [0.4, 0.5) is 0 Å². The number of Topliss-reactive ketones (excluding diaryl/α,β-unsaturated/α-hetero) is 1. The predicted octanol–water partition coefficient (Wildman–Crippen LogP) is 1.11. The fraction of sp³-hybridized carbons (Fsp3) is 0.364. The summed E-state index contributed by atoms with van der Waals surface area (Å²) in [6.45, 7) is 3.19. The lowest BCUT2D eigenvalue weighted by atomic mass is 10.1. The topological polar surface area (TPSA) is 49.3 Å². The number of carbonyl (C=O) groups excluding carboxylic acids is 1. The van der Waals surface area contributed by atoms with Crippen LogP contribution < -0.4 is 5.32 Å². The highest BCUT2D eigenvalue weighted by Gasteiger charge is 2.02. The fourth-order valence-corrected chi connectivity index (χ4v) is 1.17. The number of hydrogen-bond acceptors (Lipinski definition) is 3. The van der Waals surface area contributed by atoms with Gasteiger partial charge in [-0.05, 0) is 24.2 Å². The number of hydrogen-bond donors (Lipinski definition) is 2. The average molecular weight is 193 g/mol. The third-order valence-electron chi connectivity index (χ3n) is 1.91. The van der Waals surface area contributed by atoms with Crippen LogP contribution in [0.1, 0.15) is 12.5 Å². The number of rotatable bonds is 5. The summed E-state index contributed by atoms with van der Waals surface area (Å²) >= 11 is 0. The molecule has 76 valence electrons. The molecular formula is C11H15NO2. The van der Waals surface area contributed by atoms with E-state index in [-0.39, 0.29) is 11.5 Å². The third-order valence-corrected chi connectivity index (χ3v) is 1.91. The van der Waals surface area contributed by atoms with E-state index >= 15 is 0 Å². The Morgan fingerprint density at radius 2 is 2.00 bits per heavy atom. The van der Waals surface area contributed by atoms with Crippen LogP contribution in [0.25, 0.3) is 0 Å². The van der Waals surface area contributed by atoms with Crippen LogP contribution in [0.2, 0.25) is 0 Å². The molecule has 0 aliphatic heterocycles. The van der Waals surface area contributed by atoms with E-state index < -0.39 is 0 Å². The molecule has 1 rings (SSSR count). The number of benzene rings is 1. The first-order chi connectivity index (χ1) is 6.72. The summed E-state index contributed by atoms with van der Waals surface area (Å²) in [6, 6.07) is 6.71. The third kappa shape index (κ3) is 3.58. The van der Waals surface area contributed by atoms with Crippen molar-refractivity contribution in [2.45, 2.75) is 13.3 Å². The maximum Gasteiger partial charge on any atom is 0.150 e. The highest BCUT2D eigenvalue weighted by Crippen LogP contribution is 2.09. The molecule has 0 saturated heterocycles. The Morgan fingerprint density at radius 1 is 1.36 bits per heavy atom. The zero-order valence-electron chi connectivity index (χ0n) is 8.29.